The van der Waals surface area contributed by atoms with Crippen LogP contribution < -0.4 is 9.46 Å². The van der Waals surface area contributed by atoms with Gasteiger partial charge in [0, 0.05) is 67.8 Å². The lowest BCUT2D eigenvalue weighted by atomic mass is 9.81. The first kappa shape index (κ1) is 33.0. The first-order chi connectivity index (χ1) is 23.6. The number of aryl methyl sites for hydroxylation is 1. The van der Waals surface area contributed by atoms with Crippen LogP contribution >= 0.6 is 0 Å². The summed E-state index contributed by atoms with van der Waals surface area (Å²) in [7, 11) is 2.35. The molecule has 12 nitrogen and oxygen atoms in total. The van der Waals surface area contributed by atoms with Crippen LogP contribution in [-0.4, -0.2) is 83.1 Å². The fraction of sp³-hybridized carbons (Fsp3) is 0.444. The monoisotopic (exact) mass is 685 g/mol. The Kier molecular flexibility index (Phi) is 8.82. The molecule has 0 atom stereocenters. The van der Waals surface area contributed by atoms with E-state index in [-0.39, 0.29) is 17.4 Å². The van der Waals surface area contributed by atoms with E-state index < -0.39 is 16.1 Å². The summed E-state index contributed by atoms with van der Waals surface area (Å²) in [6.07, 6.45) is 10.9. The van der Waals surface area contributed by atoms with Gasteiger partial charge in [-0.3, -0.25) is 9.59 Å². The summed E-state index contributed by atoms with van der Waals surface area (Å²) in [6, 6.07) is 11.4. The van der Waals surface area contributed by atoms with E-state index in [1.807, 2.05) is 40.8 Å². The van der Waals surface area contributed by atoms with Gasteiger partial charge in [-0.2, -0.15) is 12.7 Å². The van der Waals surface area contributed by atoms with Crippen LogP contribution in [0, 0.1) is 0 Å². The molecular formula is C36H43N7O5S. The highest BCUT2D eigenvalue weighted by molar-refractivity contribution is 7.87. The number of piperidine rings is 1. The second-order valence-electron chi connectivity index (χ2n) is 13.6. The molecule has 3 aliphatic rings. The fourth-order valence-corrected chi connectivity index (χ4v) is 8.32. The predicted octanol–water partition coefficient (Wildman–Crippen LogP) is 4.83. The summed E-state index contributed by atoms with van der Waals surface area (Å²) < 4.78 is 38.0. The molecule has 258 valence electrons. The van der Waals surface area contributed by atoms with Crippen molar-refractivity contribution in [2.45, 2.75) is 63.3 Å². The maximum absolute atomic E-state index is 14.4. The molecule has 1 aliphatic carbocycles. The minimum absolute atomic E-state index is 0.0231. The molecule has 1 saturated heterocycles. The highest BCUT2D eigenvalue weighted by Crippen LogP contribution is 2.47. The van der Waals surface area contributed by atoms with Crippen molar-refractivity contribution in [1.29, 1.82) is 0 Å². The first-order valence-electron chi connectivity index (χ1n) is 17.0. The third-order valence-corrected chi connectivity index (χ3v) is 11.8. The number of carbonyl (C=O) groups is 2. The molecule has 7 rings (SSSR count). The normalized spacial score (nSPS) is 17.4. The van der Waals surface area contributed by atoms with E-state index in [4.69, 9.17) is 4.74 Å². The van der Waals surface area contributed by atoms with Crippen molar-refractivity contribution >= 4 is 39.0 Å². The number of hydrogen-bond acceptors (Lipinski definition) is 7. The van der Waals surface area contributed by atoms with Crippen LogP contribution in [0.4, 0.5) is 0 Å². The molecule has 4 heterocycles. The Morgan fingerprint density at radius 1 is 0.980 bits per heavy atom. The number of ether oxygens (including phenoxy) is 1. The molecule has 4 aromatic rings. The second kappa shape index (κ2) is 13.1. The van der Waals surface area contributed by atoms with E-state index in [0.29, 0.717) is 36.9 Å². The quantitative estimate of drug-likeness (QED) is 0.295. The van der Waals surface area contributed by atoms with Crippen LogP contribution in [-0.2, 0) is 28.6 Å². The molecule has 13 heteroatoms. The zero-order valence-electron chi connectivity index (χ0n) is 28.5. The van der Waals surface area contributed by atoms with E-state index in [1.165, 1.54) is 26.1 Å². The van der Waals surface area contributed by atoms with E-state index >= 15 is 0 Å². The average Bonchev–Trinajstić information content (AvgIpc) is 3.62. The number of nitrogens with one attached hydrogen (secondary N) is 1. The number of benzene rings is 2. The number of fused-ring (bicyclic) bond motifs is 5. The summed E-state index contributed by atoms with van der Waals surface area (Å²) in [5, 5.41) is 9.38. The minimum atomic E-state index is -3.99. The van der Waals surface area contributed by atoms with Crippen molar-refractivity contribution < 1.29 is 22.7 Å². The van der Waals surface area contributed by atoms with Crippen molar-refractivity contribution in [3.8, 4) is 17.0 Å². The van der Waals surface area contributed by atoms with Crippen LogP contribution in [0.25, 0.3) is 28.2 Å². The molecule has 1 saturated carbocycles. The Morgan fingerprint density at radius 2 is 1.73 bits per heavy atom. The summed E-state index contributed by atoms with van der Waals surface area (Å²) in [6.45, 7) is 1.52. The maximum Gasteiger partial charge on any atom is 0.303 e. The van der Waals surface area contributed by atoms with E-state index in [0.717, 1.165) is 76.4 Å². The number of amides is 2. The van der Waals surface area contributed by atoms with Gasteiger partial charge in [-0.05, 0) is 79.1 Å². The summed E-state index contributed by atoms with van der Waals surface area (Å²) in [5.74, 6) is 1.47. The minimum Gasteiger partial charge on any atom is -0.497 e. The maximum atomic E-state index is 14.4. The van der Waals surface area contributed by atoms with Gasteiger partial charge in [0.2, 0.25) is 0 Å². The van der Waals surface area contributed by atoms with E-state index in [1.54, 1.807) is 25.6 Å². The Labute approximate surface area is 286 Å². The Morgan fingerprint density at radius 3 is 2.41 bits per heavy atom. The van der Waals surface area contributed by atoms with Crippen molar-refractivity contribution in [3.63, 3.8) is 0 Å². The first-order valence-corrected chi connectivity index (χ1v) is 18.4. The largest absolute Gasteiger partial charge is 0.497 e. The zero-order chi connectivity index (χ0) is 34.4. The van der Waals surface area contributed by atoms with Gasteiger partial charge >= 0.3 is 10.2 Å². The second-order valence-corrected chi connectivity index (χ2v) is 15.5. The molecule has 2 amide bonds. The molecule has 49 heavy (non-hydrogen) atoms. The average molecular weight is 686 g/mol. The van der Waals surface area contributed by atoms with Crippen LogP contribution in [0.2, 0.25) is 0 Å². The van der Waals surface area contributed by atoms with E-state index in [9.17, 15) is 18.0 Å². The van der Waals surface area contributed by atoms with Crippen molar-refractivity contribution in [1.82, 2.24) is 33.3 Å². The van der Waals surface area contributed by atoms with Crippen molar-refractivity contribution in [2.75, 3.05) is 34.3 Å². The predicted molar refractivity (Wildman–Crippen MR) is 187 cm³/mol. The van der Waals surface area contributed by atoms with Gasteiger partial charge in [0.15, 0.2) is 0 Å². The van der Waals surface area contributed by atoms with Gasteiger partial charge in [-0.25, -0.2) is 4.72 Å². The number of methoxy groups -OCH3 is 1. The molecule has 2 fully saturated rings. The van der Waals surface area contributed by atoms with Gasteiger partial charge in [0.1, 0.15) is 17.9 Å². The fourth-order valence-electron chi connectivity index (χ4n) is 7.79. The third-order valence-electron chi connectivity index (χ3n) is 10.4. The summed E-state index contributed by atoms with van der Waals surface area (Å²) in [4.78, 5) is 29.7. The smallest absolute Gasteiger partial charge is 0.303 e. The standard InChI is InChI=1S/C36H43N7O5S/c1-40(2)49(46,47)39-35(44)25-10-12-30-31(20-25)43-21-27(36(45)42-16-14-24(15-17-42)34-38-37-22-41(34)3)18-26-19-28(48-4)11-13-29(26)33(43)32(30)23-8-6-5-7-9-23/h10-13,18-20,22-24H,5-9,14-17,21H2,1-4H3,(H,39,44). The van der Waals surface area contributed by atoms with Crippen molar-refractivity contribution in [2.24, 2.45) is 7.05 Å². The van der Waals surface area contributed by atoms with Gasteiger partial charge < -0.3 is 18.8 Å². The Balaban J connectivity index is 1.33. The SMILES string of the molecule is COc1ccc2c(c1)C=C(C(=O)N1CCC(c3nncn3C)CC1)Cn1c-2c(C2CCCCC2)c2ccc(C(=O)NS(=O)(=O)N(C)C)cc21. The molecule has 2 aromatic heterocycles. The highest BCUT2D eigenvalue weighted by atomic mass is 32.2. The van der Waals surface area contributed by atoms with Crippen LogP contribution in [0.3, 0.4) is 0 Å². The zero-order valence-corrected chi connectivity index (χ0v) is 29.3. The van der Waals surface area contributed by atoms with Gasteiger partial charge in [-0.1, -0.05) is 25.3 Å². The lowest BCUT2D eigenvalue weighted by Crippen LogP contribution is -2.39. The van der Waals surface area contributed by atoms with Crippen LogP contribution in [0.1, 0.15) is 84.1 Å². The molecule has 0 spiro atoms. The third kappa shape index (κ3) is 6.14. The number of nitrogens with zero attached hydrogens (tertiary/aromatic N) is 6. The Hall–Kier alpha value is -4.49. The van der Waals surface area contributed by atoms with Crippen molar-refractivity contribution in [3.05, 3.63) is 70.8 Å². The number of rotatable bonds is 7. The lowest BCUT2D eigenvalue weighted by Gasteiger charge is -2.32. The lowest BCUT2D eigenvalue weighted by molar-refractivity contribution is -0.128. The molecule has 0 unspecified atom stereocenters. The Bertz CT molecular complexity index is 2070. The number of carbonyl (C=O) groups excluding carboxylic acids is 2. The summed E-state index contributed by atoms with van der Waals surface area (Å²) in [5.41, 5.74) is 5.85. The molecule has 2 aliphatic heterocycles. The highest BCUT2D eigenvalue weighted by Gasteiger charge is 2.33. The molecule has 0 bridgehead atoms. The van der Waals surface area contributed by atoms with Gasteiger partial charge in [0.25, 0.3) is 11.8 Å². The summed E-state index contributed by atoms with van der Waals surface area (Å²) >= 11 is 0. The van der Waals surface area contributed by atoms with Gasteiger partial charge in [0.05, 0.1) is 19.3 Å². The number of likely N-dealkylation sites (tertiary alicyclic amines) is 1. The van der Waals surface area contributed by atoms with Gasteiger partial charge in [-0.15, -0.1) is 10.2 Å². The van der Waals surface area contributed by atoms with Crippen LogP contribution in [0.5, 0.6) is 5.75 Å². The number of hydrogen-bond donors (Lipinski definition) is 1. The topological polar surface area (TPSA) is 132 Å². The molecular weight excluding hydrogens is 643 g/mol. The van der Waals surface area contributed by atoms with Crippen LogP contribution in [0.15, 0.2) is 48.3 Å². The molecule has 2 aromatic carbocycles. The molecule has 0 radical (unpaired) electrons. The number of aromatic nitrogens is 4. The molecule has 1 N–H and O–H groups in total. The van der Waals surface area contributed by atoms with E-state index in [2.05, 4.69) is 25.6 Å².